The van der Waals surface area contributed by atoms with Gasteiger partial charge in [-0.15, -0.1) is 0 Å². The Bertz CT molecular complexity index is 1170. The van der Waals surface area contributed by atoms with Crippen LogP contribution in [-0.2, 0) is 19.1 Å². The van der Waals surface area contributed by atoms with E-state index in [1.54, 1.807) is 56.3 Å². The lowest BCUT2D eigenvalue weighted by molar-refractivity contribution is -0.146. The molecule has 0 spiro atoms. The summed E-state index contributed by atoms with van der Waals surface area (Å²) in [5.41, 5.74) is 1.04. The number of esters is 1. The number of halogens is 1. The molecule has 11 heteroatoms. The molecule has 1 aliphatic rings. The van der Waals surface area contributed by atoms with E-state index in [4.69, 9.17) is 25.8 Å². The van der Waals surface area contributed by atoms with Crippen molar-refractivity contribution in [1.82, 2.24) is 4.90 Å². The summed E-state index contributed by atoms with van der Waals surface area (Å²) >= 11 is 6.78. The van der Waals surface area contributed by atoms with Crippen LogP contribution in [0.5, 0.6) is 11.5 Å². The molecule has 3 amide bonds. The van der Waals surface area contributed by atoms with Crippen LogP contribution < -0.4 is 14.8 Å². The molecule has 2 aromatic rings. The molecule has 1 N–H and O–H groups in total. The quantitative estimate of drug-likeness (QED) is 0.365. The topological polar surface area (TPSA) is 111 Å². The minimum Gasteiger partial charge on any atom is -0.490 e. The molecular weight excluding hydrogens is 496 g/mol. The first-order valence-corrected chi connectivity index (χ1v) is 11.9. The number of nitrogens with zero attached hydrogens (tertiary/aromatic N) is 1. The van der Waals surface area contributed by atoms with Crippen LogP contribution in [0, 0.1) is 0 Å². The van der Waals surface area contributed by atoms with Gasteiger partial charge in [-0.2, -0.15) is 0 Å². The number of ether oxygens (including phenoxy) is 3. The summed E-state index contributed by atoms with van der Waals surface area (Å²) in [4.78, 5) is 49.7. The van der Waals surface area contributed by atoms with Gasteiger partial charge in [0.2, 0.25) is 0 Å². The Balaban J connectivity index is 1.70. The van der Waals surface area contributed by atoms with Crippen LogP contribution in [0.3, 0.4) is 0 Å². The van der Waals surface area contributed by atoms with Crippen LogP contribution >= 0.6 is 23.4 Å². The second kappa shape index (κ2) is 12.3. The van der Waals surface area contributed by atoms with Crippen LogP contribution in [0.4, 0.5) is 10.5 Å². The van der Waals surface area contributed by atoms with Crippen LogP contribution in [0.2, 0.25) is 5.02 Å². The molecule has 0 bridgehead atoms. The lowest BCUT2D eigenvalue weighted by atomic mass is 10.2. The molecule has 0 atom stereocenters. The number of carbonyl (C=O) groups excluding carboxylic acids is 4. The summed E-state index contributed by atoms with van der Waals surface area (Å²) < 4.78 is 16.1. The predicted octanol–water partition coefficient (Wildman–Crippen LogP) is 4.36. The number of amides is 3. The molecule has 0 aliphatic carbocycles. The van der Waals surface area contributed by atoms with Crippen molar-refractivity contribution in [3.05, 3.63) is 58.0 Å². The smallest absolute Gasteiger partial charge is 0.326 e. The van der Waals surface area contributed by atoms with Gasteiger partial charge in [-0.05, 0) is 61.5 Å². The highest BCUT2D eigenvalue weighted by Gasteiger charge is 2.36. The molecule has 0 unspecified atom stereocenters. The van der Waals surface area contributed by atoms with E-state index in [2.05, 4.69) is 5.32 Å². The number of benzene rings is 2. The van der Waals surface area contributed by atoms with E-state index < -0.39 is 29.6 Å². The number of nitrogens with one attached hydrogen (secondary N) is 1. The molecule has 3 rings (SSSR count). The van der Waals surface area contributed by atoms with Gasteiger partial charge in [-0.3, -0.25) is 24.1 Å². The van der Waals surface area contributed by atoms with Gasteiger partial charge in [-0.1, -0.05) is 29.8 Å². The predicted molar refractivity (Wildman–Crippen MR) is 132 cm³/mol. The lowest BCUT2D eigenvalue weighted by Crippen LogP contribution is -2.34. The number of hydrogen-bond acceptors (Lipinski definition) is 8. The van der Waals surface area contributed by atoms with Crippen molar-refractivity contribution in [3.63, 3.8) is 0 Å². The molecule has 1 aliphatic heterocycles. The van der Waals surface area contributed by atoms with Crippen molar-refractivity contribution in [2.24, 2.45) is 0 Å². The first-order chi connectivity index (χ1) is 16.8. The maximum Gasteiger partial charge on any atom is 0.326 e. The average molecular weight is 519 g/mol. The number of anilines is 1. The Hall–Kier alpha value is -3.50. The van der Waals surface area contributed by atoms with Crippen molar-refractivity contribution >= 4 is 58.1 Å². The monoisotopic (exact) mass is 518 g/mol. The molecule has 0 aromatic heterocycles. The van der Waals surface area contributed by atoms with Crippen molar-refractivity contribution in [3.8, 4) is 11.5 Å². The maximum absolute atomic E-state index is 12.6. The molecule has 184 valence electrons. The Morgan fingerprint density at radius 1 is 1.06 bits per heavy atom. The summed E-state index contributed by atoms with van der Waals surface area (Å²) in [6.07, 6.45) is 1.52. The van der Waals surface area contributed by atoms with Gasteiger partial charge in [0.05, 0.1) is 28.8 Å². The third-order valence-corrected chi connectivity index (χ3v) is 5.78. The highest BCUT2D eigenvalue weighted by molar-refractivity contribution is 8.18. The molecule has 9 nitrogen and oxygen atoms in total. The zero-order chi connectivity index (χ0) is 25.4. The molecule has 0 saturated carbocycles. The van der Waals surface area contributed by atoms with Crippen molar-refractivity contribution in [2.75, 3.05) is 31.7 Å². The Kier molecular flexibility index (Phi) is 9.16. The highest BCUT2D eigenvalue weighted by Crippen LogP contribution is 2.34. The second-order valence-electron chi connectivity index (χ2n) is 7.03. The SMILES string of the molecule is CCOC(=O)CN1C(=O)S/C(=C\c2ccc(OCC(=O)Nc3ccccc3Cl)c(OCC)c2)C1=O. The second-order valence-corrected chi connectivity index (χ2v) is 8.43. The number of para-hydroxylation sites is 1. The van der Waals surface area contributed by atoms with E-state index in [9.17, 15) is 19.2 Å². The van der Waals surface area contributed by atoms with E-state index in [-0.39, 0.29) is 18.1 Å². The van der Waals surface area contributed by atoms with E-state index in [0.717, 1.165) is 16.7 Å². The zero-order valence-electron chi connectivity index (χ0n) is 19.0. The standard InChI is InChI=1S/C24H23ClN2O7S/c1-3-32-19-11-15(12-20-23(30)27(24(31)35-20)13-22(29)33-4-2)9-10-18(19)34-14-21(28)26-17-8-6-5-7-16(17)25/h5-12H,3-4,13-14H2,1-2H3,(H,26,28)/b20-12-. The summed E-state index contributed by atoms with van der Waals surface area (Å²) in [6.45, 7) is 3.20. The molecule has 1 heterocycles. The van der Waals surface area contributed by atoms with Gasteiger partial charge in [0.1, 0.15) is 6.54 Å². The largest absolute Gasteiger partial charge is 0.490 e. The number of imide groups is 1. The van der Waals surface area contributed by atoms with Crippen LogP contribution in [0.1, 0.15) is 19.4 Å². The summed E-state index contributed by atoms with van der Waals surface area (Å²) in [5, 5.41) is 2.53. The normalized spacial score (nSPS) is 14.3. The van der Waals surface area contributed by atoms with Crippen molar-refractivity contribution in [1.29, 1.82) is 0 Å². The first-order valence-electron chi connectivity index (χ1n) is 10.7. The molecule has 1 fully saturated rings. The fourth-order valence-corrected chi connectivity index (χ4v) is 4.04. The third-order valence-electron chi connectivity index (χ3n) is 4.54. The molecule has 35 heavy (non-hydrogen) atoms. The Morgan fingerprint density at radius 3 is 2.54 bits per heavy atom. The van der Waals surface area contributed by atoms with Crippen LogP contribution in [-0.4, -0.2) is 54.3 Å². The minimum absolute atomic E-state index is 0.154. The van der Waals surface area contributed by atoms with E-state index in [1.165, 1.54) is 6.08 Å². The van der Waals surface area contributed by atoms with Crippen molar-refractivity contribution in [2.45, 2.75) is 13.8 Å². The fourth-order valence-electron chi connectivity index (χ4n) is 3.02. The minimum atomic E-state index is -0.658. The number of carbonyl (C=O) groups is 4. The summed E-state index contributed by atoms with van der Waals surface area (Å²) in [7, 11) is 0. The number of thioether (sulfide) groups is 1. The molecule has 0 radical (unpaired) electrons. The third kappa shape index (κ3) is 7.00. The zero-order valence-corrected chi connectivity index (χ0v) is 20.6. The van der Waals surface area contributed by atoms with Gasteiger partial charge < -0.3 is 19.5 Å². The molecular formula is C24H23ClN2O7S. The van der Waals surface area contributed by atoms with E-state index >= 15 is 0 Å². The Labute approximate surface area is 211 Å². The average Bonchev–Trinajstić information content (AvgIpc) is 3.07. The number of rotatable bonds is 10. The van der Waals surface area contributed by atoms with Gasteiger partial charge in [0.15, 0.2) is 18.1 Å². The first kappa shape index (κ1) is 26.1. The lowest BCUT2D eigenvalue weighted by Gasteiger charge is -2.13. The van der Waals surface area contributed by atoms with Gasteiger partial charge in [-0.25, -0.2) is 0 Å². The van der Waals surface area contributed by atoms with Crippen LogP contribution in [0.15, 0.2) is 47.4 Å². The van der Waals surface area contributed by atoms with Gasteiger partial charge >= 0.3 is 5.97 Å². The van der Waals surface area contributed by atoms with E-state index in [1.807, 2.05) is 0 Å². The van der Waals surface area contributed by atoms with Crippen molar-refractivity contribution < 1.29 is 33.4 Å². The summed E-state index contributed by atoms with van der Waals surface area (Å²) in [5.74, 6) is -0.955. The van der Waals surface area contributed by atoms with Gasteiger partial charge in [0.25, 0.3) is 17.1 Å². The highest BCUT2D eigenvalue weighted by atomic mass is 35.5. The Morgan fingerprint density at radius 2 is 1.83 bits per heavy atom. The van der Waals surface area contributed by atoms with Crippen LogP contribution in [0.25, 0.3) is 6.08 Å². The summed E-state index contributed by atoms with van der Waals surface area (Å²) in [6, 6.07) is 11.7. The maximum atomic E-state index is 12.6. The fraction of sp³-hybridized carbons (Fsp3) is 0.250. The van der Waals surface area contributed by atoms with Gasteiger partial charge in [0, 0.05) is 0 Å². The number of hydrogen-bond donors (Lipinski definition) is 1. The molecule has 2 aromatic carbocycles. The van der Waals surface area contributed by atoms with E-state index in [0.29, 0.717) is 34.4 Å². The molecule has 1 saturated heterocycles.